The maximum absolute atomic E-state index is 12.3. The number of carbonyl (C=O) groups excluding carboxylic acids is 2. The minimum Gasteiger partial charge on any atom is -0.442 e. The van der Waals surface area contributed by atoms with Crippen LogP contribution in [0.15, 0.2) is 30.3 Å². The number of rotatable bonds is 6. The summed E-state index contributed by atoms with van der Waals surface area (Å²) in [5, 5.41) is 10.5. The molecule has 23 heavy (non-hydrogen) atoms. The molecule has 0 aliphatic rings. The molecule has 2 amide bonds. The average Bonchev–Trinajstić information content (AvgIpc) is 2.41. The number of carbonyl (C=O) groups is 2. The van der Waals surface area contributed by atoms with Gasteiger partial charge >= 0.3 is 6.09 Å². The van der Waals surface area contributed by atoms with Gasteiger partial charge in [-0.25, -0.2) is 4.79 Å². The molecule has 0 fully saturated rings. The van der Waals surface area contributed by atoms with Gasteiger partial charge in [0.05, 0.1) is 6.10 Å². The van der Waals surface area contributed by atoms with Gasteiger partial charge in [0.15, 0.2) is 6.04 Å². The van der Waals surface area contributed by atoms with Crippen molar-refractivity contribution < 1.29 is 24.3 Å². The van der Waals surface area contributed by atoms with E-state index in [9.17, 15) is 14.7 Å². The molecule has 0 saturated heterocycles. The van der Waals surface area contributed by atoms with Crippen molar-refractivity contribution in [2.45, 2.75) is 52.0 Å². The van der Waals surface area contributed by atoms with E-state index in [4.69, 9.17) is 15.3 Å². The molecule has 128 valence electrons. The number of nitrogens with zero attached hydrogens (tertiary/aromatic N) is 1. The van der Waals surface area contributed by atoms with E-state index in [1.165, 1.54) is 6.92 Å². The lowest BCUT2D eigenvalue weighted by Gasteiger charge is -2.32. The van der Waals surface area contributed by atoms with E-state index in [1.807, 2.05) is 18.2 Å². The summed E-state index contributed by atoms with van der Waals surface area (Å²) in [5.74, 6) is -0.890. The molecular weight excluding hydrogens is 300 g/mol. The summed E-state index contributed by atoms with van der Waals surface area (Å²) in [6.45, 7) is 6.42. The number of amides is 2. The topological polar surface area (TPSA) is 102 Å². The number of benzene rings is 1. The van der Waals surface area contributed by atoms with Crippen LogP contribution in [0, 0.1) is 0 Å². The van der Waals surface area contributed by atoms with Gasteiger partial charge in [-0.15, -0.1) is 0 Å². The number of hydrogen-bond donors (Lipinski definition) is 2. The van der Waals surface area contributed by atoms with Crippen molar-refractivity contribution in [3.8, 4) is 0 Å². The summed E-state index contributed by atoms with van der Waals surface area (Å²) in [5.41, 5.74) is 5.28. The highest BCUT2D eigenvalue weighted by atomic mass is 16.7. The largest absolute Gasteiger partial charge is 0.442 e. The molecule has 0 saturated carbocycles. The Labute approximate surface area is 135 Å². The first kappa shape index (κ1) is 18.9. The molecule has 0 unspecified atom stereocenters. The molecule has 3 N–H and O–H groups in total. The molecular formula is C16H24N2O5. The van der Waals surface area contributed by atoms with Crippen molar-refractivity contribution in [3.05, 3.63) is 35.9 Å². The lowest BCUT2D eigenvalue weighted by atomic mass is 10.1. The van der Waals surface area contributed by atoms with Gasteiger partial charge in [-0.3, -0.25) is 9.63 Å². The zero-order valence-electron chi connectivity index (χ0n) is 13.9. The number of hydroxylamine groups is 2. The van der Waals surface area contributed by atoms with E-state index < -0.39 is 29.7 Å². The monoisotopic (exact) mass is 324 g/mol. The van der Waals surface area contributed by atoms with E-state index in [0.717, 1.165) is 5.56 Å². The summed E-state index contributed by atoms with van der Waals surface area (Å²) in [6.07, 6.45) is -2.10. The molecule has 0 bridgehead atoms. The summed E-state index contributed by atoms with van der Waals surface area (Å²) >= 11 is 0. The number of aliphatic hydroxyl groups is 1. The van der Waals surface area contributed by atoms with Gasteiger partial charge in [0.25, 0.3) is 0 Å². The highest BCUT2D eigenvalue weighted by Crippen LogP contribution is 2.16. The molecule has 7 nitrogen and oxygen atoms in total. The highest BCUT2D eigenvalue weighted by Gasteiger charge is 2.36. The van der Waals surface area contributed by atoms with Gasteiger partial charge in [-0.2, -0.15) is 5.06 Å². The van der Waals surface area contributed by atoms with Crippen LogP contribution < -0.4 is 5.73 Å². The Bertz CT molecular complexity index is 525. The van der Waals surface area contributed by atoms with Crippen molar-refractivity contribution >= 4 is 12.0 Å². The maximum atomic E-state index is 12.3. The van der Waals surface area contributed by atoms with Gasteiger partial charge in [0, 0.05) is 0 Å². The van der Waals surface area contributed by atoms with Crippen molar-refractivity contribution in [2.75, 3.05) is 0 Å². The van der Waals surface area contributed by atoms with Gasteiger partial charge in [0.2, 0.25) is 5.91 Å². The molecule has 2 atom stereocenters. The third-order valence-electron chi connectivity index (χ3n) is 2.79. The fourth-order valence-electron chi connectivity index (χ4n) is 1.82. The molecule has 0 spiro atoms. The highest BCUT2D eigenvalue weighted by molar-refractivity contribution is 5.84. The van der Waals surface area contributed by atoms with E-state index in [1.54, 1.807) is 32.9 Å². The van der Waals surface area contributed by atoms with Crippen molar-refractivity contribution in [1.82, 2.24) is 5.06 Å². The van der Waals surface area contributed by atoms with Crippen molar-refractivity contribution in [2.24, 2.45) is 5.73 Å². The van der Waals surface area contributed by atoms with E-state index in [-0.39, 0.29) is 6.61 Å². The smallest absolute Gasteiger partial charge is 0.435 e. The minimum absolute atomic E-state index is 0.0244. The van der Waals surface area contributed by atoms with Gasteiger partial charge in [-0.05, 0) is 33.3 Å². The van der Waals surface area contributed by atoms with Crippen LogP contribution >= 0.6 is 0 Å². The van der Waals surface area contributed by atoms with E-state index in [0.29, 0.717) is 5.06 Å². The predicted molar refractivity (Wildman–Crippen MR) is 84.0 cm³/mol. The zero-order valence-corrected chi connectivity index (χ0v) is 13.9. The Morgan fingerprint density at radius 3 is 2.26 bits per heavy atom. The lowest BCUT2D eigenvalue weighted by Crippen LogP contribution is -2.54. The molecule has 7 heteroatoms. The van der Waals surface area contributed by atoms with E-state index in [2.05, 4.69) is 0 Å². The van der Waals surface area contributed by atoms with Crippen LogP contribution in [0.5, 0.6) is 0 Å². The second-order valence-corrected chi connectivity index (χ2v) is 6.15. The molecule has 1 aromatic rings. The Balaban J connectivity index is 2.95. The second kappa shape index (κ2) is 7.94. The van der Waals surface area contributed by atoms with Crippen LogP contribution in [-0.4, -0.2) is 39.9 Å². The average molecular weight is 324 g/mol. The summed E-state index contributed by atoms with van der Waals surface area (Å²) in [6, 6.07) is 7.72. The number of nitrogens with two attached hydrogens (primary N) is 1. The number of hydrogen-bond acceptors (Lipinski definition) is 5. The summed E-state index contributed by atoms with van der Waals surface area (Å²) in [4.78, 5) is 29.3. The number of ether oxygens (including phenoxy) is 1. The molecule has 1 aromatic carbocycles. The Hall–Kier alpha value is -2.12. The van der Waals surface area contributed by atoms with Gasteiger partial charge in [-0.1, -0.05) is 30.3 Å². The molecule has 0 radical (unpaired) electrons. The fourth-order valence-corrected chi connectivity index (χ4v) is 1.82. The number of aliphatic hydroxyl groups excluding tert-OH is 1. The molecule has 0 heterocycles. The SMILES string of the molecule is C[C@H](O)[C@@H](C(N)=O)N(OCc1ccccc1)C(=O)OC(C)(C)C. The quantitative estimate of drug-likeness (QED) is 0.774. The van der Waals surface area contributed by atoms with Crippen LogP contribution in [0.4, 0.5) is 4.79 Å². The Morgan fingerprint density at radius 1 is 1.26 bits per heavy atom. The third-order valence-corrected chi connectivity index (χ3v) is 2.79. The first-order chi connectivity index (χ1) is 10.6. The first-order valence-corrected chi connectivity index (χ1v) is 7.28. The van der Waals surface area contributed by atoms with Gasteiger partial charge < -0.3 is 15.6 Å². The molecule has 1 rings (SSSR count). The summed E-state index contributed by atoms with van der Waals surface area (Å²) < 4.78 is 5.21. The molecule has 0 aromatic heterocycles. The van der Waals surface area contributed by atoms with Crippen LogP contribution in [-0.2, 0) is 21.0 Å². The third kappa shape index (κ3) is 6.25. The maximum Gasteiger partial charge on any atom is 0.435 e. The predicted octanol–water partition coefficient (Wildman–Crippen LogP) is 1.59. The molecule has 0 aliphatic heterocycles. The van der Waals surface area contributed by atoms with Crippen LogP contribution in [0.1, 0.15) is 33.3 Å². The molecule has 0 aliphatic carbocycles. The zero-order chi connectivity index (χ0) is 17.6. The Morgan fingerprint density at radius 2 is 1.83 bits per heavy atom. The lowest BCUT2D eigenvalue weighted by molar-refractivity contribution is -0.196. The normalized spacial score (nSPS) is 14.0. The number of primary amides is 1. The van der Waals surface area contributed by atoms with Gasteiger partial charge in [0.1, 0.15) is 12.2 Å². The van der Waals surface area contributed by atoms with Crippen molar-refractivity contribution in [3.63, 3.8) is 0 Å². The van der Waals surface area contributed by atoms with E-state index >= 15 is 0 Å². The minimum atomic E-state index is -1.35. The van der Waals surface area contributed by atoms with Crippen LogP contribution in [0.2, 0.25) is 0 Å². The Kier molecular flexibility index (Phi) is 6.53. The first-order valence-electron chi connectivity index (χ1n) is 7.28. The van der Waals surface area contributed by atoms with Crippen LogP contribution in [0.25, 0.3) is 0 Å². The van der Waals surface area contributed by atoms with Crippen LogP contribution in [0.3, 0.4) is 0 Å². The fraction of sp³-hybridized carbons (Fsp3) is 0.500. The second-order valence-electron chi connectivity index (χ2n) is 6.15. The van der Waals surface area contributed by atoms with Crippen molar-refractivity contribution in [1.29, 1.82) is 0 Å². The standard InChI is InChI=1S/C16H24N2O5/c1-11(19)13(14(17)20)18(15(21)23-16(2,3)4)22-10-12-8-6-5-7-9-12/h5-9,11,13,19H,10H2,1-4H3,(H2,17,20)/t11-,13-/m0/s1. The summed E-state index contributed by atoms with van der Waals surface area (Å²) in [7, 11) is 0.